The summed E-state index contributed by atoms with van der Waals surface area (Å²) in [6.45, 7) is 0.316. The van der Waals surface area contributed by atoms with Crippen molar-refractivity contribution >= 4 is 11.6 Å². The highest BCUT2D eigenvalue weighted by atomic mass is 35.5. The number of benzene rings is 1. The van der Waals surface area contributed by atoms with Crippen molar-refractivity contribution in [2.45, 2.75) is 13.2 Å². The molecule has 0 bridgehead atoms. The number of ether oxygens (including phenoxy) is 1. The lowest BCUT2D eigenvalue weighted by Crippen LogP contribution is -1.99. The zero-order chi connectivity index (χ0) is 12.1. The molecule has 0 amide bonds. The molecular formula is C12H11ClN2O2. The molecule has 1 aromatic heterocycles. The van der Waals surface area contributed by atoms with Gasteiger partial charge in [0, 0.05) is 0 Å². The van der Waals surface area contributed by atoms with E-state index in [0.29, 0.717) is 23.2 Å². The van der Waals surface area contributed by atoms with Gasteiger partial charge in [0.1, 0.15) is 17.5 Å². The lowest BCUT2D eigenvalue weighted by atomic mass is 10.2. The van der Waals surface area contributed by atoms with E-state index in [4.69, 9.17) is 21.4 Å². The van der Waals surface area contributed by atoms with Gasteiger partial charge in [0.2, 0.25) is 0 Å². The fourth-order valence-corrected chi connectivity index (χ4v) is 1.40. The number of aromatic nitrogens is 2. The Morgan fingerprint density at radius 1 is 1.24 bits per heavy atom. The molecule has 0 radical (unpaired) electrons. The molecule has 2 rings (SSSR count). The maximum Gasteiger partial charge on any atom is 0.147 e. The van der Waals surface area contributed by atoms with E-state index in [1.807, 2.05) is 18.2 Å². The van der Waals surface area contributed by atoms with Crippen LogP contribution < -0.4 is 4.74 Å². The van der Waals surface area contributed by atoms with Gasteiger partial charge in [0.15, 0.2) is 0 Å². The van der Waals surface area contributed by atoms with Crippen molar-refractivity contribution in [1.82, 2.24) is 9.97 Å². The number of aliphatic hydroxyl groups excluding tert-OH is 1. The molecule has 0 atom stereocenters. The van der Waals surface area contributed by atoms with Crippen LogP contribution in [0.5, 0.6) is 5.75 Å². The third-order valence-electron chi connectivity index (χ3n) is 2.14. The first kappa shape index (κ1) is 11.8. The zero-order valence-corrected chi connectivity index (χ0v) is 9.76. The highest BCUT2D eigenvalue weighted by molar-refractivity contribution is 6.29. The Labute approximate surface area is 104 Å². The number of rotatable bonds is 4. The fourth-order valence-electron chi connectivity index (χ4n) is 1.30. The summed E-state index contributed by atoms with van der Waals surface area (Å²) in [5.41, 5.74) is 1.51. The Balaban J connectivity index is 1.99. The molecule has 0 saturated heterocycles. The van der Waals surface area contributed by atoms with E-state index in [2.05, 4.69) is 9.97 Å². The number of halogens is 1. The minimum atomic E-state index is -0.00203. The number of aliphatic hydroxyl groups is 1. The molecule has 0 aliphatic carbocycles. The van der Waals surface area contributed by atoms with Gasteiger partial charge in [0.25, 0.3) is 0 Å². The van der Waals surface area contributed by atoms with Gasteiger partial charge in [-0.25, -0.2) is 4.98 Å². The van der Waals surface area contributed by atoms with Gasteiger partial charge >= 0.3 is 0 Å². The van der Waals surface area contributed by atoms with Crippen molar-refractivity contribution < 1.29 is 9.84 Å². The standard InChI is InChI=1S/C12H11ClN2O2/c13-12-6-14-10(5-15-12)8-17-11-3-1-2-9(4-11)7-16/h1-6,16H,7-8H2. The Bertz CT molecular complexity index is 488. The molecule has 0 aliphatic heterocycles. The zero-order valence-electron chi connectivity index (χ0n) is 9.01. The molecule has 1 N–H and O–H groups in total. The van der Waals surface area contributed by atoms with E-state index in [9.17, 15) is 0 Å². The van der Waals surface area contributed by atoms with E-state index >= 15 is 0 Å². The average Bonchev–Trinajstić information content (AvgIpc) is 2.38. The third kappa shape index (κ3) is 3.41. The molecule has 4 nitrogen and oxygen atoms in total. The van der Waals surface area contributed by atoms with Crippen LogP contribution >= 0.6 is 11.6 Å². The van der Waals surface area contributed by atoms with Crippen LogP contribution in [0.1, 0.15) is 11.3 Å². The molecule has 5 heteroatoms. The monoisotopic (exact) mass is 250 g/mol. The first-order valence-electron chi connectivity index (χ1n) is 5.07. The molecule has 88 valence electrons. The van der Waals surface area contributed by atoms with E-state index in [1.165, 1.54) is 6.20 Å². The maximum atomic E-state index is 8.99. The topological polar surface area (TPSA) is 55.2 Å². The lowest BCUT2D eigenvalue weighted by Gasteiger charge is -2.06. The normalized spacial score (nSPS) is 10.2. The summed E-state index contributed by atoms with van der Waals surface area (Å²) in [6.07, 6.45) is 3.04. The summed E-state index contributed by atoms with van der Waals surface area (Å²) >= 11 is 5.63. The molecular weight excluding hydrogens is 240 g/mol. The molecule has 0 aliphatic rings. The average molecular weight is 251 g/mol. The maximum absolute atomic E-state index is 8.99. The fraction of sp³-hybridized carbons (Fsp3) is 0.167. The van der Waals surface area contributed by atoms with Gasteiger partial charge in [-0.2, -0.15) is 0 Å². The van der Waals surface area contributed by atoms with Crippen molar-refractivity contribution in [3.8, 4) is 5.75 Å². The Hall–Kier alpha value is -1.65. The predicted octanol–water partition coefficient (Wildman–Crippen LogP) is 2.20. The summed E-state index contributed by atoms with van der Waals surface area (Å²) in [5, 5.41) is 9.34. The second kappa shape index (κ2) is 5.61. The summed E-state index contributed by atoms with van der Waals surface area (Å²) in [7, 11) is 0. The SMILES string of the molecule is OCc1cccc(OCc2cnc(Cl)cn2)c1. The summed E-state index contributed by atoms with van der Waals surface area (Å²) < 4.78 is 5.52. The van der Waals surface area contributed by atoms with Crippen LogP contribution in [0.3, 0.4) is 0 Å². The van der Waals surface area contributed by atoms with Crippen LogP contribution in [0.15, 0.2) is 36.7 Å². The van der Waals surface area contributed by atoms with Crippen LogP contribution in [0.25, 0.3) is 0 Å². The minimum absolute atomic E-state index is 0.00203. The van der Waals surface area contributed by atoms with Crippen LogP contribution in [0.4, 0.5) is 0 Å². The van der Waals surface area contributed by atoms with Crippen molar-refractivity contribution in [1.29, 1.82) is 0 Å². The Morgan fingerprint density at radius 3 is 2.82 bits per heavy atom. The van der Waals surface area contributed by atoms with Crippen LogP contribution in [0.2, 0.25) is 5.15 Å². The summed E-state index contributed by atoms with van der Waals surface area (Å²) in [4.78, 5) is 7.98. The highest BCUT2D eigenvalue weighted by Crippen LogP contribution is 2.14. The molecule has 0 fully saturated rings. The lowest BCUT2D eigenvalue weighted by molar-refractivity contribution is 0.277. The van der Waals surface area contributed by atoms with E-state index in [1.54, 1.807) is 12.3 Å². The molecule has 0 spiro atoms. The second-order valence-electron chi connectivity index (χ2n) is 3.42. The van der Waals surface area contributed by atoms with Gasteiger partial charge < -0.3 is 9.84 Å². The van der Waals surface area contributed by atoms with E-state index in [-0.39, 0.29) is 6.61 Å². The predicted molar refractivity (Wildman–Crippen MR) is 63.7 cm³/mol. The molecule has 0 saturated carbocycles. The minimum Gasteiger partial charge on any atom is -0.487 e. The van der Waals surface area contributed by atoms with Crippen LogP contribution in [-0.2, 0) is 13.2 Å². The first-order valence-corrected chi connectivity index (χ1v) is 5.45. The third-order valence-corrected chi connectivity index (χ3v) is 2.34. The summed E-state index contributed by atoms with van der Waals surface area (Å²) in [5.74, 6) is 0.688. The molecule has 1 aromatic carbocycles. The first-order chi connectivity index (χ1) is 8.28. The van der Waals surface area contributed by atoms with Gasteiger partial charge in [-0.05, 0) is 17.7 Å². The smallest absolute Gasteiger partial charge is 0.147 e. The molecule has 0 unspecified atom stereocenters. The van der Waals surface area contributed by atoms with Crippen LogP contribution in [0, 0.1) is 0 Å². The number of hydrogen-bond acceptors (Lipinski definition) is 4. The van der Waals surface area contributed by atoms with Crippen molar-refractivity contribution in [2.75, 3.05) is 0 Å². The van der Waals surface area contributed by atoms with Crippen molar-refractivity contribution in [3.63, 3.8) is 0 Å². The van der Waals surface area contributed by atoms with Crippen molar-refractivity contribution in [3.05, 3.63) is 53.1 Å². The molecule has 1 heterocycles. The van der Waals surface area contributed by atoms with Crippen molar-refractivity contribution in [2.24, 2.45) is 0 Å². The molecule has 2 aromatic rings. The van der Waals surface area contributed by atoms with Gasteiger partial charge in [0.05, 0.1) is 24.7 Å². The van der Waals surface area contributed by atoms with E-state index in [0.717, 1.165) is 5.56 Å². The largest absolute Gasteiger partial charge is 0.487 e. The number of nitrogens with zero attached hydrogens (tertiary/aromatic N) is 2. The van der Waals surface area contributed by atoms with E-state index < -0.39 is 0 Å². The van der Waals surface area contributed by atoms with Gasteiger partial charge in [-0.1, -0.05) is 23.7 Å². The number of hydrogen-bond donors (Lipinski definition) is 1. The Morgan fingerprint density at radius 2 is 2.12 bits per heavy atom. The summed E-state index contributed by atoms with van der Waals surface area (Å²) in [6, 6.07) is 7.26. The molecule has 17 heavy (non-hydrogen) atoms. The van der Waals surface area contributed by atoms with Crippen LogP contribution in [-0.4, -0.2) is 15.1 Å². The Kier molecular flexibility index (Phi) is 3.90. The second-order valence-corrected chi connectivity index (χ2v) is 3.81. The van der Waals surface area contributed by atoms with Gasteiger partial charge in [-0.3, -0.25) is 4.98 Å². The highest BCUT2D eigenvalue weighted by Gasteiger charge is 1.99. The quantitative estimate of drug-likeness (QED) is 0.904. The van der Waals surface area contributed by atoms with Gasteiger partial charge in [-0.15, -0.1) is 0 Å².